The Balaban J connectivity index is 1.61. The summed E-state index contributed by atoms with van der Waals surface area (Å²) in [5.41, 5.74) is 0.641. The fraction of sp³-hybridized carbons (Fsp3) is 0.667. The maximum absolute atomic E-state index is 12.2. The van der Waals surface area contributed by atoms with Crippen molar-refractivity contribution in [2.24, 2.45) is 7.05 Å². The molecule has 1 saturated carbocycles. The highest BCUT2D eigenvalue weighted by Gasteiger charge is 2.39. The van der Waals surface area contributed by atoms with Crippen LogP contribution in [0.15, 0.2) is 18.3 Å². The number of aromatic nitrogens is 1. The zero-order valence-electron chi connectivity index (χ0n) is 12.0. The minimum Gasteiger partial charge on any atom is -0.389 e. The summed E-state index contributed by atoms with van der Waals surface area (Å²) in [6, 6.07) is 3.75. The van der Waals surface area contributed by atoms with E-state index in [1.54, 1.807) is 10.6 Å². The van der Waals surface area contributed by atoms with Crippen LogP contribution in [0.4, 0.5) is 0 Å². The molecule has 0 radical (unpaired) electrons. The summed E-state index contributed by atoms with van der Waals surface area (Å²) in [5.74, 6) is -0.0939. The summed E-state index contributed by atoms with van der Waals surface area (Å²) in [4.78, 5) is 14.6. The molecule has 3 atom stereocenters. The molecule has 5 heteroatoms. The van der Waals surface area contributed by atoms with E-state index in [0.29, 0.717) is 5.69 Å². The lowest BCUT2D eigenvalue weighted by Crippen LogP contribution is -2.47. The third-order valence-electron chi connectivity index (χ3n) is 4.68. The third kappa shape index (κ3) is 2.47. The third-order valence-corrected chi connectivity index (χ3v) is 4.68. The van der Waals surface area contributed by atoms with Gasteiger partial charge in [0.1, 0.15) is 5.69 Å². The molecule has 2 heterocycles. The molecule has 110 valence electrons. The molecule has 0 bridgehead atoms. The number of aliphatic hydroxyl groups excluding tert-OH is 1. The Morgan fingerprint density at radius 2 is 2.10 bits per heavy atom. The lowest BCUT2D eigenvalue weighted by molar-refractivity contribution is 0.0616. The summed E-state index contributed by atoms with van der Waals surface area (Å²) in [7, 11) is 1.85. The molecule has 5 nitrogen and oxygen atoms in total. The zero-order chi connectivity index (χ0) is 14.1. The first-order valence-electron chi connectivity index (χ1n) is 7.51. The monoisotopic (exact) mass is 277 g/mol. The first kappa shape index (κ1) is 13.6. The number of carbonyl (C=O) groups is 1. The number of nitrogens with zero attached hydrogens (tertiary/aromatic N) is 2. The second-order valence-corrected chi connectivity index (χ2v) is 5.96. The molecule has 1 aliphatic carbocycles. The number of carbonyl (C=O) groups excluding carboxylic acids is 1. The molecule has 1 aliphatic heterocycles. The topological polar surface area (TPSA) is 57.5 Å². The van der Waals surface area contributed by atoms with Crippen LogP contribution in [-0.2, 0) is 7.05 Å². The number of hydrogen-bond acceptors (Lipinski definition) is 3. The molecular formula is C15H23N3O2. The van der Waals surface area contributed by atoms with E-state index in [2.05, 4.69) is 10.2 Å². The van der Waals surface area contributed by atoms with Crippen molar-refractivity contribution in [1.82, 2.24) is 14.8 Å². The number of aryl methyl sites for hydroxylation is 1. The summed E-state index contributed by atoms with van der Waals surface area (Å²) < 4.78 is 1.80. The van der Waals surface area contributed by atoms with Crippen LogP contribution in [0.3, 0.4) is 0 Å². The second-order valence-electron chi connectivity index (χ2n) is 5.96. The number of rotatable bonds is 3. The molecule has 0 unspecified atom stereocenters. The zero-order valence-corrected chi connectivity index (χ0v) is 12.0. The van der Waals surface area contributed by atoms with E-state index in [-0.39, 0.29) is 18.0 Å². The normalized spacial score (nSPS) is 30.8. The molecule has 1 saturated heterocycles. The number of likely N-dealkylation sites (tertiary alicyclic amines) is 1. The van der Waals surface area contributed by atoms with Crippen molar-refractivity contribution in [3.8, 4) is 0 Å². The summed E-state index contributed by atoms with van der Waals surface area (Å²) in [6.45, 7) is 2.17. The van der Waals surface area contributed by atoms with Gasteiger partial charge in [-0.25, -0.2) is 0 Å². The van der Waals surface area contributed by atoms with E-state index in [1.165, 1.54) is 12.8 Å². The molecule has 0 aromatic carbocycles. The van der Waals surface area contributed by atoms with E-state index in [0.717, 1.165) is 25.9 Å². The highest BCUT2D eigenvalue weighted by atomic mass is 16.3. The van der Waals surface area contributed by atoms with Crippen molar-refractivity contribution in [2.75, 3.05) is 13.1 Å². The van der Waals surface area contributed by atoms with Crippen molar-refractivity contribution in [3.63, 3.8) is 0 Å². The Labute approximate surface area is 119 Å². The van der Waals surface area contributed by atoms with E-state index >= 15 is 0 Å². The van der Waals surface area contributed by atoms with Gasteiger partial charge in [-0.05, 0) is 50.9 Å². The smallest absolute Gasteiger partial charge is 0.268 e. The Kier molecular flexibility index (Phi) is 3.81. The molecule has 1 aromatic heterocycles. The van der Waals surface area contributed by atoms with Gasteiger partial charge in [0.15, 0.2) is 0 Å². The average molecular weight is 277 g/mol. The first-order chi connectivity index (χ1) is 9.66. The molecule has 2 fully saturated rings. The number of nitrogens with one attached hydrogen (secondary N) is 1. The Morgan fingerprint density at radius 1 is 1.35 bits per heavy atom. The first-order valence-corrected chi connectivity index (χ1v) is 7.51. The van der Waals surface area contributed by atoms with E-state index in [1.807, 2.05) is 19.3 Å². The van der Waals surface area contributed by atoms with Crippen LogP contribution in [-0.4, -0.2) is 51.8 Å². The number of hydrogen-bond donors (Lipinski definition) is 2. The van der Waals surface area contributed by atoms with Crippen molar-refractivity contribution in [1.29, 1.82) is 0 Å². The van der Waals surface area contributed by atoms with E-state index < -0.39 is 6.10 Å². The van der Waals surface area contributed by atoms with Crippen LogP contribution >= 0.6 is 0 Å². The molecule has 1 amide bonds. The SMILES string of the molecule is Cn1cccc1C(=O)N[C@@H]1CC[C@@H](N2CCCC2)[C@@H]1O. The number of aliphatic hydroxyl groups is 1. The highest BCUT2D eigenvalue weighted by Crippen LogP contribution is 2.27. The minimum absolute atomic E-state index is 0.0939. The van der Waals surface area contributed by atoms with Crippen molar-refractivity contribution in [3.05, 3.63) is 24.0 Å². The van der Waals surface area contributed by atoms with Crippen LogP contribution < -0.4 is 5.32 Å². The summed E-state index contributed by atoms with van der Waals surface area (Å²) in [5, 5.41) is 13.5. The quantitative estimate of drug-likeness (QED) is 0.857. The predicted octanol–water partition coefficient (Wildman–Crippen LogP) is 0.743. The molecule has 1 aromatic rings. The standard InChI is InChI=1S/C15H23N3O2/c1-17-8-4-5-13(17)15(20)16-11-6-7-12(14(11)19)18-9-2-3-10-18/h4-5,8,11-12,14,19H,2-3,6-7,9-10H2,1H3,(H,16,20)/t11-,12-,14-/m1/s1. The van der Waals surface area contributed by atoms with Gasteiger partial charge in [-0.1, -0.05) is 0 Å². The van der Waals surface area contributed by atoms with Crippen molar-refractivity contribution >= 4 is 5.91 Å². The molecule has 2 aliphatic rings. The molecule has 0 spiro atoms. The predicted molar refractivity (Wildman–Crippen MR) is 76.5 cm³/mol. The lowest BCUT2D eigenvalue weighted by Gasteiger charge is -2.28. The van der Waals surface area contributed by atoms with Gasteiger partial charge < -0.3 is 15.0 Å². The Bertz CT molecular complexity index is 479. The maximum atomic E-state index is 12.2. The van der Waals surface area contributed by atoms with Gasteiger partial charge in [-0.2, -0.15) is 0 Å². The Hall–Kier alpha value is -1.33. The lowest BCUT2D eigenvalue weighted by atomic mass is 10.1. The Morgan fingerprint density at radius 3 is 2.75 bits per heavy atom. The summed E-state index contributed by atoms with van der Waals surface area (Å²) in [6.07, 6.45) is 5.69. The van der Waals surface area contributed by atoms with Gasteiger partial charge in [0.25, 0.3) is 5.91 Å². The second kappa shape index (κ2) is 5.58. The van der Waals surface area contributed by atoms with Gasteiger partial charge in [-0.15, -0.1) is 0 Å². The highest BCUT2D eigenvalue weighted by molar-refractivity contribution is 5.92. The molecule has 2 N–H and O–H groups in total. The van der Waals surface area contributed by atoms with Crippen LogP contribution in [0.1, 0.15) is 36.2 Å². The van der Waals surface area contributed by atoms with Gasteiger partial charge >= 0.3 is 0 Å². The van der Waals surface area contributed by atoms with Crippen LogP contribution in [0.2, 0.25) is 0 Å². The van der Waals surface area contributed by atoms with Gasteiger partial charge in [0, 0.05) is 19.3 Å². The maximum Gasteiger partial charge on any atom is 0.268 e. The van der Waals surface area contributed by atoms with Crippen molar-refractivity contribution in [2.45, 2.75) is 43.9 Å². The van der Waals surface area contributed by atoms with Crippen molar-refractivity contribution < 1.29 is 9.90 Å². The average Bonchev–Trinajstić information content (AvgIpc) is 3.12. The molecular weight excluding hydrogens is 254 g/mol. The van der Waals surface area contributed by atoms with E-state index in [9.17, 15) is 9.90 Å². The minimum atomic E-state index is -0.447. The summed E-state index contributed by atoms with van der Waals surface area (Å²) >= 11 is 0. The van der Waals surface area contributed by atoms with Crippen LogP contribution in [0.5, 0.6) is 0 Å². The van der Waals surface area contributed by atoms with Gasteiger partial charge in [0.05, 0.1) is 12.1 Å². The van der Waals surface area contributed by atoms with Gasteiger partial charge in [-0.3, -0.25) is 9.69 Å². The molecule has 20 heavy (non-hydrogen) atoms. The molecule has 3 rings (SSSR count). The van der Waals surface area contributed by atoms with Crippen LogP contribution in [0, 0.1) is 0 Å². The fourth-order valence-electron chi connectivity index (χ4n) is 3.53. The van der Waals surface area contributed by atoms with Gasteiger partial charge in [0.2, 0.25) is 0 Å². The number of amides is 1. The van der Waals surface area contributed by atoms with E-state index in [4.69, 9.17) is 0 Å². The largest absolute Gasteiger partial charge is 0.389 e. The fourth-order valence-corrected chi connectivity index (χ4v) is 3.53. The van der Waals surface area contributed by atoms with Crippen LogP contribution in [0.25, 0.3) is 0 Å².